The molecule has 230 valence electrons. The first kappa shape index (κ1) is 30.4. The lowest BCUT2D eigenvalue weighted by Crippen LogP contribution is -2.41. The standard InChI is InChI=1S/C36H32O8S/c1-2-45-35-32(44-34(38)24-15-7-4-8-16-24)31(43-33(37)23-13-5-3-6-14-23)30(42-35)22-41-36(39)40-21-29-27-19-11-9-17-25(27)26-18-10-12-20-28(26)29/h3-20,29-32,35H,2,21-22H2,1H3/t30-,31-,32+,35-/m1/s1. The van der Waals surface area contributed by atoms with Gasteiger partial charge < -0.3 is 23.7 Å². The van der Waals surface area contributed by atoms with E-state index in [9.17, 15) is 14.4 Å². The van der Waals surface area contributed by atoms with Crippen LogP contribution >= 0.6 is 11.8 Å². The minimum Gasteiger partial charge on any atom is -0.452 e. The van der Waals surface area contributed by atoms with Gasteiger partial charge in [-0.05, 0) is 52.3 Å². The normalized spacial score (nSPS) is 20.1. The van der Waals surface area contributed by atoms with Crippen LogP contribution in [0.15, 0.2) is 109 Å². The maximum Gasteiger partial charge on any atom is 0.508 e. The SMILES string of the molecule is CCS[C@H]1O[C@H](COC(=O)OCC2c3ccccc3-c3ccccc32)[C@@H](OC(=O)c2ccccc2)[C@@H]1OC(=O)c1ccccc1. The van der Waals surface area contributed by atoms with Gasteiger partial charge in [0.2, 0.25) is 0 Å². The molecule has 0 saturated carbocycles. The van der Waals surface area contributed by atoms with Gasteiger partial charge in [0.05, 0.1) is 11.1 Å². The van der Waals surface area contributed by atoms with Crippen LogP contribution in [0.25, 0.3) is 11.1 Å². The molecule has 1 saturated heterocycles. The summed E-state index contributed by atoms with van der Waals surface area (Å²) < 4.78 is 29.1. The Balaban J connectivity index is 1.16. The summed E-state index contributed by atoms with van der Waals surface area (Å²) in [5.41, 5.74) is 4.42. The number of esters is 2. The third-order valence-electron chi connectivity index (χ3n) is 7.80. The first-order chi connectivity index (χ1) is 22.0. The number of hydrogen-bond acceptors (Lipinski definition) is 9. The average molecular weight is 625 g/mol. The van der Waals surface area contributed by atoms with Gasteiger partial charge in [0, 0.05) is 5.92 Å². The number of hydrogen-bond donors (Lipinski definition) is 0. The summed E-state index contributed by atoms with van der Waals surface area (Å²) in [6.45, 7) is 1.76. The number of ether oxygens (including phenoxy) is 5. The van der Waals surface area contributed by atoms with Crippen molar-refractivity contribution in [1.29, 1.82) is 0 Å². The zero-order valence-electron chi connectivity index (χ0n) is 24.6. The molecule has 1 fully saturated rings. The van der Waals surface area contributed by atoms with Gasteiger partial charge in [0.1, 0.15) is 24.8 Å². The number of carbonyl (C=O) groups is 3. The first-order valence-electron chi connectivity index (χ1n) is 14.8. The van der Waals surface area contributed by atoms with Gasteiger partial charge in [0.15, 0.2) is 12.2 Å². The van der Waals surface area contributed by atoms with Crippen molar-refractivity contribution in [2.75, 3.05) is 19.0 Å². The molecule has 1 aliphatic heterocycles. The van der Waals surface area contributed by atoms with E-state index in [1.165, 1.54) is 11.8 Å². The van der Waals surface area contributed by atoms with E-state index in [1.807, 2.05) is 43.3 Å². The van der Waals surface area contributed by atoms with E-state index < -0.39 is 41.8 Å². The summed E-state index contributed by atoms with van der Waals surface area (Å²) in [7, 11) is 0. The van der Waals surface area contributed by atoms with E-state index >= 15 is 0 Å². The van der Waals surface area contributed by atoms with E-state index in [1.54, 1.807) is 60.7 Å². The highest BCUT2D eigenvalue weighted by Gasteiger charge is 2.50. The lowest BCUT2D eigenvalue weighted by molar-refractivity contribution is -0.0476. The monoisotopic (exact) mass is 624 g/mol. The van der Waals surface area contributed by atoms with Crippen LogP contribution in [0, 0.1) is 0 Å². The maximum atomic E-state index is 13.1. The lowest BCUT2D eigenvalue weighted by atomic mass is 9.98. The predicted molar refractivity (Wildman–Crippen MR) is 169 cm³/mol. The van der Waals surface area contributed by atoms with Crippen molar-refractivity contribution in [3.8, 4) is 11.1 Å². The molecule has 0 unspecified atom stereocenters. The lowest BCUT2D eigenvalue weighted by Gasteiger charge is -2.24. The molecule has 0 bridgehead atoms. The quantitative estimate of drug-likeness (QED) is 0.138. The van der Waals surface area contributed by atoms with Crippen LogP contribution in [0.4, 0.5) is 4.79 Å². The van der Waals surface area contributed by atoms with Gasteiger partial charge in [0.25, 0.3) is 0 Å². The smallest absolute Gasteiger partial charge is 0.452 e. The van der Waals surface area contributed by atoms with Crippen molar-refractivity contribution in [1.82, 2.24) is 0 Å². The fraction of sp³-hybridized carbons (Fsp3) is 0.250. The van der Waals surface area contributed by atoms with E-state index in [-0.39, 0.29) is 19.1 Å². The number of thioether (sulfide) groups is 1. The van der Waals surface area contributed by atoms with E-state index in [0.717, 1.165) is 22.3 Å². The molecule has 0 aromatic heterocycles. The fourth-order valence-corrected chi connectivity index (χ4v) is 6.66. The molecular weight excluding hydrogens is 592 g/mol. The molecule has 0 spiro atoms. The second-order valence-electron chi connectivity index (χ2n) is 10.6. The Labute approximate surface area is 265 Å². The van der Waals surface area contributed by atoms with Gasteiger partial charge in [-0.15, -0.1) is 11.8 Å². The number of rotatable bonds is 10. The van der Waals surface area contributed by atoms with Gasteiger partial charge in [-0.3, -0.25) is 0 Å². The molecule has 0 radical (unpaired) electrons. The Morgan fingerprint density at radius 1 is 0.644 bits per heavy atom. The van der Waals surface area contributed by atoms with Crippen LogP contribution in [0.1, 0.15) is 44.7 Å². The molecular formula is C36H32O8S. The van der Waals surface area contributed by atoms with Crippen LogP contribution in [0.3, 0.4) is 0 Å². The van der Waals surface area contributed by atoms with Crippen molar-refractivity contribution >= 4 is 29.9 Å². The Morgan fingerprint density at radius 2 is 1.13 bits per heavy atom. The molecule has 9 heteroatoms. The van der Waals surface area contributed by atoms with Crippen LogP contribution < -0.4 is 0 Å². The summed E-state index contributed by atoms with van der Waals surface area (Å²) in [5, 5.41) is 0. The highest BCUT2D eigenvalue weighted by molar-refractivity contribution is 7.99. The zero-order valence-corrected chi connectivity index (χ0v) is 25.4. The van der Waals surface area contributed by atoms with Gasteiger partial charge in [-0.2, -0.15) is 0 Å². The molecule has 45 heavy (non-hydrogen) atoms. The summed E-state index contributed by atoms with van der Waals surface area (Å²) >= 11 is 1.40. The molecule has 0 amide bonds. The summed E-state index contributed by atoms with van der Waals surface area (Å²) in [6, 6.07) is 33.2. The molecule has 4 atom stereocenters. The average Bonchev–Trinajstić information content (AvgIpc) is 3.57. The minimum atomic E-state index is -1.05. The Hall–Kier alpha value is -4.60. The summed E-state index contributed by atoms with van der Waals surface area (Å²) in [4.78, 5) is 39.1. The fourth-order valence-electron chi connectivity index (χ4n) is 5.71. The second kappa shape index (κ2) is 14.0. The molecule has 4 aromatic carbocycles. The highest BCUT2D eigenvalue weighted by atomic mass is 32.2. The molecule has 4 aromatic rings. The minimum absolute atomic E-state index is 0.0937. The van der Waals surface area contributed by atoms with Crippen molar-refractivity contribution < 1.29 is 38.1 Å². The first-order valence-corrected chi connectivity index (χ1v) is 15.8. The van der Waals surface area contributed by atoms with E-state index in [4.69, 9.17) is 23.7 Å². The molecule has 2 aliphatic rings. The molecule has 6 rings (SSSR count). The van der Waals surface area contributed by atoms with Gasteiger partial charge in [-0.25, -0.2) is 14.4 Å². The number of fused-ring (bicyclic) bond motifs is 3. The number of carbonyl (C=O) groups excluding carboxylic acids is 3. The number of benzene rings is 4. The van der Waals surface area contributed by atoms with Crippen LogP contribution in [-0.4, -0.2) is 60.8 Å². The topological polar surface area (TPSA) is 97.4 Å². The second-order valence-corrected chi connectivity index (χ2v) is 11.9. The van der Waals surface area contributed by atoms with E-state index in [0.29, 0.717) is 16.9 Å². The molecule has 0 N–H and O–H groups in total. The maximum absolute atomic E-state index is 13.1. The van der Waals surface area contributed by atoms with Crippen molar-refractivity contribution in [2.45, 2.75) is 36.6 Å². The predicted octanol–water partition coefficient (Wildman–Crippen LogP) is 6.88. The van der Waals surface area contributed by atoms with Gasteiger partial charge >= 0.3 is 18.1 Å². The summed E-state index contributed by atoms with van der Waals surface area (Å²) in [6.07, 6.45) is -3.78. The Bertz CT molecular complexity index is 1600. The Morgan fingerprint density at radius 3 is 1.69 bits per heavy atom. The van der Waals surface area contributed by atoms with Crippen molar-refractivity contribution in [3.05, 3.63) is 131 Å². The van der Waals surface area contributed by atoms with Crippen LogP contribution in [0.5, 0.6) is 0 Å². The van der Waals surface area contributed by atoms with Gasteiger partial charge in [-0.1, -0.05) is 91.9 Å². The third-order valence-corrected chi connectivity index (χ3v) is 8.84. The largest absolute Gasteiger partial charge is 0.508 e. The van der Waals surface area contributed by atoms with Crippen molar-refractivity contribution in [3.63, 3.8) is 0 Å². The molecule has 1 aliphatic carbocycles. The van der Waals surface area contributed by atoms with E-state index in [2.05, 4.69) is 12.1 Å². The van der Waals surface area contributed by atoms with Crippen molar-refractivity contribution in [2.24, 2.45) is 0 Å². The third kappa shape index (κ3) is 6.74. The summed E-state index contributed by atoms with van der Waals surface area (Å²) in [5.74, 6) is -0.675. The zero-order chi connectivity index (χ0) is 31.2. The molecule has 1 heterocycles. The van der Waals surface area contributed by atoms with Crippen LogP contribution in [0.2, 0.25) is 0 Å². The molecule has 8 nitrogen and oxygen atoms in total. The highest BCUT2D eigenvalue weighted by Crippen LogP contribution is 2.44. The Kier molecular flexibility index (Phi) is 9.47. The van der Waals surface area contributed by atoms with Crippen LogP contribution in [-0.2, 0) is 23.7 Å².